The smallest absolute Gasteiger partial charge is 0.0544 e. The lowest BCUT2D eigenvalue weighted by Crippen LogP contribution is -2.35. The Balaban J connectivity index is 1.42. The van der Waals surface area contributed by atoms with Crippen LogP contribution < -0.4 is 4.90 Å². The van der Waals surface area contributed by atoms with Gasteiger partial charge in [0, 0.05) is 22.2 Å². The molecule has 0 aromatic heterocycles. The lowest BCUT2D eigenvalue weighted by Gasteiger charge is -2.44. The summed E-state index contributed by atoms with van der Waals surface area (Å²) < 4.78 is 0. The monoisotopic (exact) mass is 741 g/mol. The van der Waals surface area contributed by atoms with Gasteiger partial charge in [-0.2, -0.15) is 0 Å². The topological polar surface area (TPSA) is 3.24 Å². The van der Waals surface area contributed by atoms with Crippen molar-refractivity contribution < 1.29 is 0 Å². The fourth-order valence-electron chi connectivity index (χ4n) is 10.0. The lowest BCUT2D eigenvalue weighted by molar-refractivity contribution is 0.332. The van der Waals surface area contributed by atoms with Crippen LogP contribution in [0, 0.1) is 0 Å². The van der Waals surface area contributed by atoms with Crippen molar-refractivity contribution >= 4 is 17.1 Å². The largest absolute Gasteiger partial charge is 0.309 e. The molecule has 2 aliphatic rings. The number of benzene rings is 7. The van der Waals surface area contributed by atoms with Crippen LogP contribution in [0.15, 0.2) is 158 Å². The maximum Gasteiger partial charge on any atom is 0.0544 e. The van der Waals surface area contributed by atoms with E-state index in [1.807, 2.05) is 0 Å². The summed E-state index contributed by atoms with van der Waals surface area (Å²) in [6.45, 7) is 19.5. The predicted molar refractivity (Wildman–Crippen MR) is 244 cm³/mol. The molecule has 0 spiro atoms. The number of para-hydroxylation sites is 1. The maximum atomic E-state index is 2.59. The first-order chi connectivity index (χ1) is 27.4. The summed E-state index contributed by atoms with van der Waals surface area (Å²) in [5.74, 6) is 0.339. The molecule has 0 unspecified atom stereocenters. The van der Waals surface area contributed by atoms with Crippen molar-refractivity contribution in [3.05, 3.63) is 186 Å². The van der Waals surface area contributed by atoms with E-state index in [-0.39, 0.29) is 16.2 Å². The summed E-state index contributed by atoms with van der Waals surface area (Å²) in [5, 5.41) is 0. The molecule has 0 saturated heterocycles. The Morgan fingerprint density at radius 2 is 1.02 bits per heavy atom. The van der Waals surface area contributed by atoms with Crippen molar-refractivity contribution in [2.24, 2.45) is 0 Å². The lowest BCUT2D eigenvalue weighted by atomic mass is 9.60. The van der Waals surface area contributed by atoms with Gasteiger partial charge in [0.05, 0.1) is 11.4 Å². The van der Waals surface area contributed by atoms with Crippen LogP contribution in [0.4, 0.5) is 17.1 Å². The highest BCUT2D eigenvalue weighted by molar-refractivity contribution is 5.99. The van der Waals surface area contributed by atoms with E-state index in [1.54, 1.807) is 0 Å². The zero-order chi connectivity index (χ0) is 39.7. The summed E-state index contributed by atoms with van der Waals surface area (Å²) in [7, 11) is 0. The minimum Gasteiger partial charge on any atom is -0.309 e. The first kappa shape index (κ1) is 36.9. The zero-order valence-electron chi connectivity index (χ0n) is 34.9. The molecule has 0 N–H and O–H groups in total. The van der Waals surface area contributed by atoms with Crippen molar-refractivity contribution in [1.82, 2.24) is 0 Å². The third-order valence-electron chi connectivity index (χ3n) is 13.3. The minimum atomic E-state index is -0.167. The molecule has 1 heteroatoms. The van der Waals surface area contributed by atoms with Gasteiger partial charge in [0.25, 0.3) is 0 Å². The molecule has 0 saturated carbocycles. The molecule has 0 aliphatic heterocycles. The van der Waals surface area contributed by atoms with E-state index >= 15 is 0 Å². The van der Waals surface area contributed by atoms with Crippen molar-refractivity contribution in [2.75, 3.05) is 4.90 Å². The summed E-state index contributed by atoms with van der Waals surface area (Å²) in [6, 6.07) is 59.1. The van der Waals surface area contributed by atoms with Crippen molar-refractivity contribution in [1.29, 1.82) is 0 Å². The second kappa shape index (κ2) is 13.8. The van der Waals surface area contributed by atoms with E-state index in [0.29, 0.717) is 5.92 Å². The molecule has 2 aliphatic carbocycles. The van der Waals surface area contributed by atoms with Gasteiger partial charge in [0.1, 0.15) is 0 Å². The minimum absolute atomic E-state index is 0.00264. The molecule has 7 aromatic rings. The molecule has 0 fully saturated rings. The highest BCUT2D eigenvalue weighted by Crippen LogP contribution is 2.58. The third-order valence-corrected chi connectivity index (χ3v) is 13.3. The SMILES string of the molecule is CC(C)c1ccc2c(c1-c1cc3c(cc1N(c1ccc(-c4ccccc4)cc1)c1ccccc1-c1ccccc1)C(C)(C)c1ccccc1-3)C(C)(C)CCC2(C)C. The van der Waals surface area contributed by atoms with Crippen LogP contribution in [0.3, 0.4) is 0 Å². The molecular formula is C56H55N. The van der Waals surface area contributed by atoms with Crippen LogP contribution in [0.5, 0.6) is 0 Å². The van der Waals surface area contributed by atoms with E-state index < -0.39 is 0 Å². The molecule has 284 valence electrons. The molecule has 0 heterocycles. The van der Waals surface area contributed by atoms with Crippen molar-refractivity contribution in [2.45, 2.75) is 90.4 Å². The van der Waals surface area contributed by atoms with Crippen LogP contribution in [0.25, 0.3) is 44.5 Å². The van der Waals surface area contributed by atoms with E-state index in [4.69, 9.17) is 0 Å². The molecule has 1 nitrogen and oxygen atoms in total. The van der Waals surface area contributed by atoms with E-state index in [1.165, 1.54) is 90.1 Å². The predicted octanol–water partition coefficient (Wildman–Crippen LogP) is 15.9. The summed E-state index contributed by atoms with van der Waals surface area (Å²) in [5.41, 5.74) is 20.9. The molecule has 57 heavy (non-hydrogen) atoms. The van der Waals surface area contributed by atoms with Crippen LogP contribution >= 0.6 is 0 Å². The average molecular weight is 742 g/mol. The normalized spacial score (nSPS) is 15.8. The summed E-state index contributed by atoms with van der Waals surface area (Å²) in [6.07, 6.45) is 2.33. The number of nitrogens with zero attached hydrogens (tertiary/aromatic N) is 1. The Kier molecular flexibility index (Phi) is 8.93. The second-order valence-electron chi connectivity index (χ2n) is 18.6. The number of hydrogen-bond donors (Lipinski definition) is 0. The first-order valence-corrected chi connectivity index (χ1v) is 20.9. The molecule has 7 aromatic carbocycles. The van der Waals surface area contributed by atoms with Gasteiger partial charge < -0.3 is 4.90 Å². The van der Waals surface area contributed by atoms with Crippen LogP contribution in [-0.2, 0) is 16.2 Å². The van der Waals surface area contributed by atoms with Crippen LogP contribution in [0.2, 0.25) is 0 Å². The molecule has 0 amide bonds. The summed E-state index contributed by atoms with van der Waals surface area (Å²) >= 11 is 0. The molecule has 0 radical (unpaired) electrons. The molecule has 0 bridgehead atoms. The van der Waals surface area contributed by atoms with Gasteiger partial charge in [-0.15, -0.1) is 0 Å². The highest BCUT2D eigenvalue weighted by Gasteiger charge is 2.42. The molecule has 0 atom stereocenters. The van der Waals surface area contributed by atoms with Gasteiger partial charge in [-0.1, -0.05) is 183 Å². The second-order valence-corrected chi connectivity index (χ2v) is 18.6. The summed E-state index contributed by atoms with van der Waals surface area (Å²) in [4.78, 5) is 2.58. The number of hydrogen-bond acceptors (Lipinski definition) is 1. The van der Waals surface area contributed by atoms with E-state index in [9.17, 15) is 0 Å². The Bertz CT molecular complexity index is 2600. The Hall–Kier alpha value is -5.66. The molecule has 9 rings (SSSR count). The highest BCUT2D eigenvalue weighted by atomic mass is 15.1. The number of rotatable bonds is 7. The zero-order valence-corrected chi connectivity index (χ0v) is 34.9. The fraction of sp³-hybridized carbons (Fsp3) is 0.250. The number of anilines is 3. The molecular weight excluding hydrogens is 687 g/mol. The third kappa shape index (κ3) is 6.15. The van der Waals surface area contributed by atoms with Crippen molar-refractivity contribution in [3.8, 4) is 44.5 Å². The average Bonchev–Trinajstić information content (AvgIpc) is 3.45. The van der Waals surface area contributed by atoms with Gasteiger partial charge in [0.2, 0.25) is 0 Å². The first-order valence-electron chi connectivity index (χ1n) is 20.9. The van der Waals surface area contributed by atoms with Gasteiger partial charge in [-0.3, -0.25) is 0 Å². The van der Waals surface area contributed by atoms with Crippen LogP contribution in [0.1, 0.15) is 102 Å². The fourth-order valence-corrected chi connectivity index (χ4v) is 10.0. The van der Waals surface area contributed by atoms with Crippen LogP contribution in [-0.4, -0.2) is 0 Å². The van der Waals surface area contributed by atoms with Gasteiger partial charge >= 0.3 is 0 Å². The Morgan fingerprint density at radius 3 is 1.70 bits per heavy atom. The quantitative estimate of drug-likeness (QED) is 0.157. The van der Waals surface area contributed by atoms with Gasteiger partial charge in [0.15, 0.2) is 0 Å². The van der Waals surface area contributed by atoms with Gasteiger partial charge in [-0.25, -0.2) is 0 Å². The van der Waals surface area contributed by atoms with E-state index in [0.717, 1.165) is 12.1 Å². The van der Waals surface area contributed by atoms with Crippen molar-refractivity contribution in [3.63, 3.8) is 0 Å². The standard InChI is InChI=1S/C56H55N/c1-37(2)42-31-32-48-53(55(5,6)34-33-54(48,3)4)52(42)46-35-45-44-24-15-17-25-47(44)56(7,8)49(45)36-51(46)57(41-29-27-39(28-30-41)38-19-11-9-12-20-38)50-26-18-16-23-43(50)40-21-13-10-14-22-40/h9-32,35-37H,33-34H2,1-8H3. The Morgan fingerprint density at radius 1 is 0.439 bits per heavy atom. The Labute approximate surface area is 341 Å². The van der Waals surface area contributed by atoms with Gasteiger partial charge in [-0.05, 0) is 121 Å². The number of fused-ring (bicyclic) bond motifs is 4. The maximum absolute atomic E-state index is 2.59. The van der Waals surface area contributed by atoms with E-state index in [2.05, 4.69) is 218 Å².